The largest absolute Gasteiger partial charge is 0.363 e. The average molecular weight is 664 g/mol. The van der Waals surface area contributed by atoms with Gasteiger partial charge in [0.05, 0.1) is 0 Å². The first-order valence-electron chi connectivity index (χ1n) is 11.0. The fourth-order valence-electron chi connectivity index (χ4n) is 2.45. The summed E-state index contributed by atoms with van der Waals surface area (Å²) >= 11 is 9.57. The molecule has 0 spiro atoms. The molecule has 0 amide bonds. The normalized spacial score (nSPS) is 14.8. The van der Waals surface area contributed by atoms with Gasteiger partial charge in [-0.3, -0.25) is 0 Å². The second-order valence-corrected chi connectivity index (χ2v) is 13.6. The molecular formula is C20H46N4P2PtS2. The van der Waals surface area contributed by atoms with Crippen LogP contribution in [0.1, 0.15) is 54.4 Å². The van der Waals surface area contributed by atoms with E-state index >= 15 is 0 Å². The van der Waals surface area contributed by atoms with E-state index in [1.807, 2.05) is 0 Å². The van der Waals surface area contributed by atoms with Crippen molar-refractivity contribution in [1.82, 2.24) is 21.3 Å². The van der Waals surface area contributed by atoms with Crippen molar-refractivity contribution in [3.8, 4) is 0 Å². The standard InChI is InChI=1S/2C6H15P.2C4H8N2S.Pt/c2*1-4-7(5-2)6-3;2*7-4-5-2-1-3-6-4;/h2*4-6H2,1-3H3;2*1-3H2,(H2,5,6,7);. The van der Waals surface area contributed by atoms with Gasteiger partial charge in [0.15, 0.2) is 10.2 Å². The Balaban J connectivity index is -0.000000307. The van der Waals surface area contributed by atoms with E-state index in [1.54, 1.807) is 0 Å². The Bertz CT molecular complexity index is 311. The molecule has 0 aromatic rings. The van der Waals surface area contributed by atoms with E-state index in [2.05, 4.69) is 62.8 Å². The molecule has 9 heteroatoms. The van der Waals surface area contributed by atoms with Crippen LogP contribution in [0.15, 0.2) is 0 Å². The van der Waals surface area contributed by atoms with Crippen LogP contribution in [0.25, 0.3) is 0 Å². The summed E-state index contributed by atoms with van der Waals surface area (Å²) in [5.74, 6) is 0. The molecule has 2 saturated heterocycles. The van der Waals surface area contributed by atoms with Gasteiger partial charge < -0.3 is 21.3 Å². The molecule has 0 aromatic heterocycles. The number of hydrogen-bond acceptors (Lipinski definition) is 2. The monoisotopic (exact) mass is 663 g/mol. The summed E-state index contributed by atoms with van der Waals surface area (Å²) in [5.41, 5.74) is 0. The van der Waals surface area contributed by atoms with E-state index < -0.39 is 0 Å². The van der Waals surface area contributed by atoms with E-state index in [-0.39, 0.29) is 21.1 Å². The molecule has 4 N–H and O–H groups in total. The van der Waals surface area contributed by atoms with Gasteiger partial charge in [-0.1, -0.05) is 41.5 Å². The van der Waals surface area contributed by atoms with Gasteiger partial charge >= 0.3 is 0 Å². The third kappa shape index (κ3) is 25.1. The summed E-state index contributed by atoms with van der Waals surface area (Å²) in [4.78, 5) is 0. The second-order valence-electron chi connectivity index (χ2n) is 6.31. The van der Waals surface area contributed by atoms with E-state index in [4.69, 9.17) is 24.4 Å². The average Bonchev–Trinajstić information content (AvgIpc) is 2.73. The van der Waals surface area contributed by atoms with Gasteiger partial charge in [-0.05, 0) is 74.2 Å². The quantitative estimate of drug-likeness (QED) is 0.243. The van der Waals surface area contributed by atoms with Gasteiger partial charge in [0.1, 0.15) is 0 Å². The molecule has 0 bridgehead atoms. The summed E-state index contributed by atoms with van der Waals surface area (Å²) in [5, 5.41) is 13.6. The fraction of sp³-hybridized carbons (Fsp3) is 0.900. The van der Waals surface area contributed by atoms with Crippen LogP contribution in [0.2, 0.25) is 0 Å². The minimum atomic E-state index is 0. The van der Waals surface area contributed by atoms with Crippen LogP contribution in [0.5, 0.6) is 0 Å². The Hall–Kier alpha value is 0.928. The zero-order valence-corrected chi connectivity index (χ0v) is 25.2. The molecule has 178 valence electrons. The zero-order chi connectivity index (χ0) is 21.6. The summed E-state index contributed by atoms with van der Waals surface area (Å²) in [6, 6.07) is 0. The molecule has 0 unspecified atom stereocenters. The van der Waals surface area contributed by atoms with E-state index in [0.29, 0.717) is 15.8 Å². The Labute approximate surface area is 209 Å². The van der Waals surface area contributed by atoms with Gasteiger partial charge in [0.2, 0.25) is 0 Å². The number of hydrogen-bond donors (Lipinski definition) is 4. The maximum atomic E-state index is 4.78. The second kappa shape index (κ2) is 27.0. The maximum absolute atomic E-state index is 4.78. The van der Waals surface area contributed by atoms with Gasteiger partial charge in [-0.2, -0.15) is 0 Å². The van der Waals surface area contributed by atoms with Gasteiger partial charge in [0, 0.05) is 47.2 Å². The predicted molar refractivity (Wildman–Crippen MR) is 144 cm³/mol. The topological polar surface area (TPSA) is 48.1 Å². The summed E-state index contributed by atoms with van der Waals surface area (Å²) in [6.45, 7) is 17.9. The molecule has 0 atom stereocenters. The van der Waals surface area contributed by atoms with E-state index in [1.165, 1.54) is 49.8 Å². The molecule has 0 aliphatic carbocycles. The minimum absolute atomic E-state index is 0. The molecule has 0 radical (unpaired) electrons. The molecule has 2 rings (SSSR count). The summed E-state index contributed by atoms with van der Waals surface area (Å²) in [6.07, 6.45) is 10.9. The molecule has 2 heterocycles. The third-order valence-electron chi connectivity index (χ3n) is 4.53. The van der Waals surface area contributed by atoms with Crippen LogP contribution < -0.4 is 21.3 Å². The van der Waals surface area contributed by atoms with Crippen LogP contribution in [0.3, 0.4) is 0 Å². The van der Waals surface area contributed by atoms with Crippen molar-refractivity contribution in [3.63, 3.8) is 0 Å². The van der Waals surface area contributed by atoms with E-state index in [9.17, 15) is 0 Å². The first-order valence-corrected chi connectivity index (χ1v) is 15.6. The van der Waals surface area contributed by atoms with Crippen LogP contribution in [-0.2, 0) is 21.1 Å². The van der Waals surface area contributed by atoms with Gasteiger partial charge in [0.25, 0.3) is 0 Å². The van der Waals surface area contributed by atoms with Crippen LogP contribution in [0.4, 0.5) is 0 Å². The third-order valence-corrected chi connectivity index (χ3v) is 10.5. The summed E-state index contributed by atoms with van der Waals surface area (Å²) in [7, 11) is 0.892. The van der Waals surface area contributed by atoms with Gasteiger partial charge in [-0.15, -0.1) is 15.8 Å². The molecule has 4 nitrogen and oxygen atoms in total. The molecule has 0 saturated carbocycles. The Morgan fingerprint density at radius 1 is 0.552 bits per heavy atom. The number of rotatable bonds is 6. The number of nitrogens with one attached hydrogen (secondary N) is 4. The smallest absolute Gasteiger partial charge is 0.166 e. The van der Waals surface area contributed by atoms with Crippen molar-refractivity contribution in [2.45, 2.75) is 54.4 Å². The molecule has 2 aliphatic heterocycles. The Kier molecular flexibility index (Phi) is 32.1. The molecule has 29 heavy (non-hydrogen) atoms. The van der Waals surface area contributed by atoms with Gasteiger partial charge in [-0.25, -0.2) is 0 Å². The summed E-state index contributed by atoms with van der Waals surface area (Å²) < 4.78 is 0. The maximum Gasteiger partial charge on any atom is 0.166 e. The van der Waals surface area contributed by atoms with Crippen LogP contribution in [-0.4, -0.2) is 73.4 Å². The van der Waals surface area contributed by atoms with Crippen LogP contribution in [0, 0.1) is 0 Å². The zero-order valence-electron chi connectivity index (χ0n) is 19.5. The molecule has 2 aliphatic rings. The first kappa shape index (κ1) is 34.5. The Morgan fingerprint density at radius 3 is 0.828 bits per heavy atom. The molecule has 2 fully saturated rings. The first-order chi connectivity index (χ1) is 13.5. The van der Waals surface area contributed by atoms with Crippen LogP contribution >= 0.6 is 40.3 Å². The van der Waals surface area contributed by atoms with Crippen molar-refractivity contribution in [2.75, 3.05) is 63.2 Å². The SMILES string of the molecule is CCP(CC)CC.CCP(CC)CC.S=C1NCCCN1.S=C1NCCCN1.[Pt]. The van der Waals surface area contributed by atoms with Crippen molar-refractivity contribution in [3.05, 3.63) is 0 Å². The van der Waals surface area contributed by atoms with Crippen molar-refractivity contribution >= 4 is 50.5 Å². The van der Waals surface area contributed by atoms with Crippen molar-refractivity contribution < 1.29 is 21.1 Å². The fourth-order valence-corrected chi connectivity index (χ4v) is 5.54. The Morgan fingerprint density at radius 2 is 0.759 bits per heavy atom. The molecule has 0 aromatic carbocycles. The number of thiocarbonyl (C=S) groups is 2. The predicted octanol–water partition coefficient (Wildman–Crippen LogP) is 4.76. The molecular weight excluding hydrogens is 617 g/mol. The van der Waals surface area contributed by atoms with Crippen molar-refractivity contribution in [2.24, 2.45) is 0 Å². The van der Waals surface area contributed by atoms with Crippen molar-refractivity contribution in [1.29, 1.82) is 0 Å². The minimum Gasteiger partial charge on any atom is -0.363 e. The van der Waals surface area contributed by atoms with E-state index in [0.717, 1.165) is 36.4 Å².